The summed E-state index contributed by atoms with van der Waals surface area (Å²) >= 11 is 0. The molecule has 1 aromatic carbocycles. The van der Waals surface area contributed by atoms with Crippen LogP contribution in [0.3, 0.4) is 0 Å². The third-order valence-corrected chi connectivity index (χ3v) is 6.27. The Morgan fingerprint density at radius 1 is 1.30 bits per heavy atom. The van der Waals surface area contributed by atoms with E-state index >= 15 is 0 Å². The third kappa shape index (κ3) is 3.23. The molecule has 3 atom stereocenters. The summed E-state index contributed by atoms with van der Waals surface area (Å²) in [6, 6.07) is 7.86. The Bertz CT molecular complexity index is 575. The molecule has 0 radical (unpaired) electrons. The second-order valence-corrected chi connectivity index (χ2v) is 8.66. The van der Waals surface area contributed by atoms with Crippen LogP contribution in [-0.4, -0.2) is 25.0 Å². The van der Waals surface area contributed by atoms with Crippen molar-refractivity contribution in [2.45, 2.75) is 50.4 Å². The zero-order chi connectivity index (χ0) is 15.0. The Balaban J connectivity index is 2.25. The summed E-state index contributed by atoms with van der Waals surface area (Å²) in [5.41, 5.74) is 1.03. The first-order valence-corrected chi connectivity index (χ1v) is 9.15. The molecule has 0 aromatic heterocycles. The summed E-state index contributed by atoms with van der Waals surface area (Å²) in [6.45, 7) is 3.82. The van der Waals surface area contributed by atoms with Crippen molar-refractivity contribution in [2.24, 2.45) is 5.92 Å². The molecule has 0 amide bonds. The maximum atomic E-state index is 11.8. The lowest BCUT2D eigenvalue weighted by atomic mass is 9.74. The summed E-state index contributed by atoms with van der Waals surface area (Å²) in [4.78, 5) is 0. The molecule has 4 heteroatoms. The Hall–Kier alpha value is -0.870. The van der Waals surface area contributed by atoms with Crippen LogP contribution < -0.4 is 0 Å². The van der Waals surface area contributed by atoms with Gasteiger partial charge in [-0.1, -0.05) is 36.2 Å². The van der Waals surface area contributed by atoms with Crippen LogP contribution >= 0.6 is 0 Å². The number of hydrogen-bond acceptors (Lipinski definition) is 3. The molecule has 112 valence electrons. The fourth-order valence-corrected chi connectivity index (χ4v) is 4.42. The van der Waals surface area contributed by atoms with Gasteiger partial charge in [-0.2, -0.15) is 0 Å². The minimum Gasteiger partial charge on any atom is -0.385 e. The maximum absolute atomic E-state index is 11.8. The largest absolute Gasteiger partial charge is 0.385 e. The molecule has 1 aliphatic carbocycles. The Labute approximate surface area is 121 Å². The highest BCUT2D eigenvalue weighted by atomic mass is 32.2. The highest BCUT2D eigenvalue weighted by Crippen LogP contribution is 2.40. The Kier molecular flexibility index (Phi) is 4.26. The van der Waals surface area contributed by atoms with E-state index in [-0.39, 0.29) is 11.2 Å². The lowest BCUT2D eigenvalue weighted by molar-refractivity contribution is -0.0208. The van der Waals surface area contributed by atoms with Crippen molar-refractivity contribution in [3.8, 4) is 0 Å². The van der Waals surface area contributed by atoms with Gasteiger partial charge in [-0.05, 0) is 44.6 Å². The number of sulfone groups is 1. The van der Waals surface area contributed by atoms with Gasteiger partial charge >= 0.3 is 0 Å². The SMILES string of the molecule is Cc1cccc(C(C)(O)C2CCCC(S(C)(=O)=O)C2)c1. The summed E-state index contributed by atoms with van der Waals surface area (Å²) in [6.07, 6.45) is 4.33. The Morgan fingerprint density at radius 2 is 2.00 bits per heavy atom. The Morgan fingerprint density at radius 3 is 2.60 bits per heavy atom. The van der Waals surface area contributed by atoms with Crippen LogP contribution in [0.1, 0.15) is 43.7 Å². The van der Waals surface area contributed by atoms with E-state index in [4.69, 9.17) is 0 Å². The molecule has 0 spiro atoms. The maximum Gasteiger partial charge on any atom is 0.150 e. The predicted molar refractivity (Wildman–Crippen MR) is 81.3 cm³/mol. The van der Waals surface area contributed by atoms with E-state index in [9.17, 15) is 13.5 Å². The number of hydrogen-bond donors (Lipinski definition) is 1. The molecule has 2 rings (SSSR count). The molecule has 1 fully saturated rings. The number of aliphatic hydroxyl groups is 1. The van der Waals surface area contributed by atoms with Crippen LogP contribution in [0.2, 0.25) is 0 Å². The average Bonchev–Trinajstić information content (AvgIpc) is 2.38. The molecule has 3 unspecified atom stereocenters. The van der Waals surface area contributed by atoms with Crippen molar-refractivity contribution >= 4 is 9.84 Å². The van der Waals surface area contributed by atoms with E-state index in [1.54, 1.807) is 0 Å². The molecular formula is C16H24O3S. The molecule has 20 heavy (non-hydrogen) atoms. The van der Waals surface area contributed by atoms with Crippen LogP contribution in [0, 0.1) is 12.8 Å². The van der Waals surface area contributed by atoms with E-state index in [1.165, 1.54) is 6.26 Å². The quantitative estimate of drug-likeness (QED) is 0.933. The summed E-state index contributed by atoms with van der Waals surface area (Å²) in [5, 5.41) is 10.6. The summed E-state index contributed by atoms with van der Waals surface area (Å²) < 4.78 is 23.5. The van der Waals surface area contributed by atoms with Crippen molar-refractivity contribution in [3.05, 3.63) is 35.4 Å². The highest BCUT2D eigenvalue weighted by molar-refractivity contribution is 7.91. The van der Waals surface area contributed by atoms with Gasteiger partial charge in [0.15, 0.2) is 0 Å². The van der Waals surface area contributed by atoms with Gasteiger partial charge in [0, 0.05) is 6.26 Å². The van der Waals surface area contributed by atoms with Crippen LogP contribution in [0.15, 0.2) is 24.3 Å². The second kappa shape index (κ2) is 5.49. The fraction of sp³-hybridized carbons (Fsp3) is 0.625. The van der Waals surface area contributed by atoms with Gasteiger partial charge in [0.1, 0.15) is 9.84 Å². The minimum absolute atomic E-state index is 0.00206. The van der Waals surface area contributed by atoms with E-state index in [0.717, 1.165) is 30.4 Å². The first-order valence-electron chi connectivity index (χ1n) is 7.19. The van der Waals surface area contributed by atoms with Gasteiger partial charge in [0.25, 0.3) is 0 Å². The van der Waals surface area contributed by atoms with Crippen LogP contribution in [0.4, 0.5) is 0 Å². The van der Waals surface area contributed by atoms with Crippen molar-refractivity contribution in [3.63, 3.8) is 0 Å². The van der Waals surface area contributed by atoms with Crippen molar-refractivity contribution in [1.82, 2.24) is 0 Å². The molecule has 0 bridgehead atoms. The van der Waals surface area contributed by atoms with Crippen molar-refractivity contribution < 1.29 is 13.5 Å². The molecule has 1 saturated carbocycles. The van der Waals surface area contributed by atoms with Gasteiger partial charge in [0.05, 0.1) is 10.9 Å². The summed E-state index contributed by atoms with van der Waals surface area (Å²) in [5.74, 6) is -0.00206. The van der Waals surface area contributed by atoms with E-state index in [2.05, 4.69) is 0 Å². The zero-order valence-corrected chi connectivity index (χ0v) is 13.3. The topological polar surface area (TPSA) is 54.4 Å². The van der Waals surface area contributed by atoms with Crippen LogP contribution in [0.25, 0.3) is 0 Å². The molecular weight excluding hydrogens is 272 g/mol. The number of rotatable bonds is 3. The number of aryl methyl sites for hydroxylation is 1. The van der Waals surface area contributed by atoms with E-state index in [0.29, 0.717) is 6.42 Å². The van der Waals surface area contributed by atoms with Gasteiger partial charge in [-0.15, -0.1) is 0 Å². The minimum atomic E-state index is -3.02. The monoisotopic (exact) mass is 296 g/mol. The predicted octanol–water partition coefficient (Wildman–Crippen LogP) is 2.81. The molecule has 0 heterocycles. The van der Waals surface area contributed by atoms with Crippen molar-refractivity contribution in [1.29, 1.82) is 0 Å². The fourth-order valence-electron chi connectivity index (χ4n) is 3.24. The van der Waals surface area contributed by atoms with Gasteiger partial charge in [-0.3, -0.25) is 0 Å². The lowest BCUT2D eigenvalue weighted by Gasteiger charge is -2.38. The van der Waals surface area contributed by atoms with Gasteiger partial charge < -0.3 is 5.11 Å². The molecule has 0 aliphatic heterocycles. The molecule has 1 N–H and O–H groups in total. The first kappa shape index (κ1) is 15.5. The number of benzene rings is 1. The van der Waals surface area contributed by atoms with E-state index in [1.807, 2.05) is 38.1 Å². The highest BCUT2D eigenvalue weighted by Gasteiger charge is 2.39. The average molecular weight is 296 g/mol. The van der Waals surface area contributed by atoms with E-state index < -0.39 is 15.4 Å². The van der Waals surface area contributed by atoms with Crippen LogP contribution in [0.5, 0.6) is 0 Å². The summed E-state index contributed by atoms with van der Waals surface area (Å²) in [7, 11) is -3.02. The van der Waals surface area contributed by atoms with Gasteiger partial charge in [0.2, 0.25) is 0 Å². The molecule has 1 aliphatic rings. The molecule has 1 aromatic rings. The second-order valence-electron chi connectivity index (χ2n) is 6.33. The zero-order valence-electron chi connectivity index (χ0n) is 12.5. The first-order chi connectivity index (χ1) is 9.21. The molecule has 0 saturated heterocycles. The van der Waals surface area contributed by atoms with Crippen LogP contribution in [-0.2, 0) is 15.4 Å². The third-order valence-electron chi connectivity index (χ3n) is 4.63. The smallest absolute Gasteiger partial charge is 0.150 e. The normalized spacial score (nSPS) is 27.0. The standard InChI is InChI=1S/C16H24O3S/c1-12-6-4-7-13(10-12)16(2,17)14-8-5-9-15(11-14)20(3,18)19/h4,6-7,10,14-15,17H,5,8-9,11H2,1-3H3. The van der Waals surface area contributed by atoms with Gasteiger partial charge in [-0.25, -0.2) is 8.42 Å². The lowest BCUT2D eigenvalue weighted by Crippen LogP contribution is -2.39. The molecule has 3 nitrogen and oxygen atoms in total. The van der Waals surface area contributed by atoms with Crippen molar-refractivity contribution in [2.75, 3.05) is 6.26 Å².